The average molecular weight is 402 g/mol. The minimum absolute atomic E-state index is 0.0442. The maximum atomic E-state index is 13.2. The van der Waals surface area contributed by atoms with Crippen molar-refractivity contribution in [3.05, 3.63) is 35.6 Å². The van der Waals surface area contributed by atoms with Gasteiger partial charge in [-0.05, 0) is 30.9 Å². The second-order valence-electron chi connectivity index (χ2n) is 6.57. The molecule has 0 saturated carbocycles. The molecule has 2 heterocycles. The van der Waals surface area contributed by atoms with Crippen LogP contribution in [-0.2, 0) is 22.6 Å². The largest absolute Gasteiger partial charge is 0.452 e. The topological polar surface area (TPSA) is 63.4 Å². The van der Waals surface area contributed by atoms with Crippen LogP contribution in [0.25, 0.3) is 11.3 Å². The Morgan fingerprint density at radius 2 is 1.78 bits per heavy atom. The van der Waals surface area contributed by atoms with E-state index in [1.807, 2.05) is 6.92 Å². The number of hydrogen-bond donors (Lipinski definition) is 0. The van der Waals surface area contributed by atoms with E-state index in [4.69, 9.17) is 0 Å². The van der Waals surface area contributed by atoms with Gasteiger partial charge in [0.25, 0.3) is 0 Å². The monoisotopic (exact) mass is 402 g/mol. The number of alkyl halides is 3. The fourth-order valence-electron chi connectivity index (χ4n) is 3.21. The Balaban J connectivity index is 2.02. The van der Waals surface area contributed by atoms with Gasteiger partial charge < -0.3 is 4.52 Å². The molecule has 2 aromatic rings. The van der Waals surface area contributed by atoms with Gasteiger partial charge in [0.2, 0.25) is 15.8 Å². The van der Waals surface area contributed by atoms with Crippen LogP contribution >= 0.6 is 0 Å². The molecule has 9 heteroatoms. The molecule has 0 bridgehead atoms. The number of aryl methyl sites for hydroxylation is 1. The van der Waals surface area contributed by atoms with Gasteiger partial charge in [-0.15, -0.1) is 0 Å². The Morgan fingerprint density at radius 3 is 2.33 bits per heavy atom. The number of rotatable bonds is 4. The first-order valence-corrected chi connectivity index (χ1v) is 10.3. The summed E-state index contributed by atoms with van der Waals surface area (Å²) >= 11 is 0. The van der Waals surface area contributed by atoms with E-state index >= 15 is 0 Å². The third-order valence-electron chi connectivity index (χ3n) is 4.72. The fourth-order valence-corrected chi connectivity index (χ4v) is 5.05. The minimum atomic E-state index is -4.64. The molecule has 0 radical (unpaired) electrons. The van der Waals surface area contributed by atoms with Crippen LogP contribution in [0.15, 0.2) is 33.7 Å². The summed E-state index contributed by atoms with van der Waals surface area (Å²) in [5, 5.41) is 3.46. The predicted molar refractivity (Wildman–Crippen MR) is 93.5 cm³/mol. The van der Waals surface area contributed by atoms with Crippen LogP contribution in [0.1, 0.15) is 43.9 Å². The first-order valence-electron chi connectivity index (χ1n) is 8.91. The molecule has 5 nitrogen and oxygen atoms in total. The van der Waals surface area contributed by atoms with E-state index in [1.54, 1.807) is 12.1 Å². The zero-order valence-electron chi connectivity index (χ0n) is 14.9. The van der Waals surface area contributed by atoms with E-state index in [0.29, 0.717) is 25.1 Å². The van der Waals surface area contributed by atoms with Crippen LogP contribution in [0.3, 0.4) is 0 Å². The molecule has 0 aliphatic carbocycles. The summed E-state index contributed by atoms with van der Waals surface area (Å²) in [7, 11) is -3.73. The molecular formula is C18H21F3N2O3S. The summed E-state index contributed by atoms with van der Waals surface area (Å²) in [6, 6.07) is 5.38. The predicted octanol–water partition coefficient (Wildman–Crippen LogP) is 4.49. The average Bonchev–Trinajstić information content (AvgIpc) is 2.97. The van der Waals surface area contributed by atoms with Crippen molar-refractivity contribution in [3.63, 3.8) is 0 Å². The van der Waals surface area contributed by atoms with Crippen LogP contribution in [-0.4, -0.2) is 31.0 Å². The number of aromatic nitrogens is 1. The van der Waals surface area contributed by atoms with Crippen molar-refractivity contribution in [1.29, 1.82) is 0 Å². The zero-order valence-corrected chi connectivity index (χ0v) is 15.7. The van der Waals surface area contributed by atoms with Gasteiger partial charge in [0.05, 0.1) is 4.90 Å². The second-order valence-corrected chi connectivity index (χ2v) is 8.47. The van der Waals surface area contributed by atoms with Crippen molar-refractivity contribution in [2.24, 2.45) is 0 Å². The molecule has 0 spiro atoms. The molecule has 1 aromatic carbocycles. The zero-order chi connectivity index (χ0) is 19.7. The Labute approximate surface area is 156 Å². The van der Waals surface area contributed by atoms with E-state index in [2.05, 4.69) is 9.68 Å². The van der Waals surface area contributed by atoms with Crippen molar-refractivity contribution in [2.75, 3.05) is 13.1 Å². The standard InChI is InChI=1S/C18H21F3N2O3S/c1-2-13-7-8-14(15-12-17(26-22-15)18(19,20)21)11-16(13)27(24,25)23-9-5-3-4-6-10-23/h7-8,11-12H,2-6,9-10H2,1H3. The summed E-state index contributed by atoms with van der Waals surface area (Å²) in [6.45, 7) is 2.75. The van der Waals surface area contributed by atoms with Gasteiger partial charge in [0, 0.05) is 24.7 Å². The lowest BCUT2D eigenvalue weighted by Gasteiger charge is -2.22. The molecule has 1 aliphatic heterocycles. The van der Waals surface area contributed by atoms with E-state index in [0.717, 1.165) is 31.7 Å². The first kappa shape index (κ1) is 19.9. The molecule has 0 unspecified atom stereocenters. The Morgan fingerprint density at radius 1 is 1.11 bits per heavy atom. The molecular weight excluding hydrogens is 381 g/mol. The maximum Gasteiger partial charge on any atom is 0.452 e. The van der Waals surface area contributed by atoms with E-state index in [9.17, 15) is 21.6 Å². The van der Waals surface area contributed by atoms with Crippen LogP contribution in [0, 0.1) is 0 Å². The maximum absolute atomic E-state index is 13.2. The van der Waals surface area contributed by atoms with Gasteiger partial charge in [-0.2, -0.15) is 17.5 Å². The van der Waals surface area contributed by atoms with Gasteiger partial charge in [-0.3, -0.25) is 0 Å². The van der Waals surface area contributed by atoms with E-state index in [1.165, 1.54) is 10.4 Å². The van der Waals surface area contributed by atoms with Crippen molar-refractivity contribution in [1.82, 2.24) is 9.46 Å². The SMILES string of the molecule is CCc1ccc(-c2cc(C(F)(F)F)on2)cc1S(=O)(=O)N1CCCCCC1. The molecule has 1 aliphatic rings. The van der Waals surface area contributed by atoms with Gasteiger partial charge in [-0.1, -0.05) is 37.1 Å². The molecule has 1 fully saturated rings. The van der Waals surface area contributed by atoms with Crippen molar-refractivity contribution in [3.8, 4) is 11.3 Å². The van der Waals surface area contributed by atoms with Crippen molar-refractivity contribution in [2.45, 2.75) is 50.1 Å². The van der Waals surface area contributed by atoms with Gasteiger partial charge in [0.15, 0.2) is 0 Å². The summed E-state index contributed by atoms with van der Waals surface area (Å²) in [4.78, 5) is 0.126. The normalized spacial score (nSPS) is 17.0. The van der Waals surface area contributed by atoms with Crippen molar-refractivity contribution >= 4 is 10.0 Å². The number of benzene rings is 1. The highest BCUT2D eigenvalue weighted by Crippen LogP contribution is 2.34. The highest BCUT2D eigenvalue weighted by atomic mass is 32.2. The molecule has 27 heavy (non-hydrogen) atoms. The molecule has 148 valence electrons. The second kappa shape index (κ2) is 7.63. The Bertz CT molecular complexity index is 899. The minimum Gasteiger partial charge on any atom is -0.351 e. The Kier molecular flexibility index (Phi) is 5.62. The Hall–Kier alpha value is -1.87. The van der Waals surface area contributed by atoms with Gasteiger partial charge >= 0.3 is 6.18 Å². The summed E-state index contributed by atoms with van der Waals surface area (Å²) < 4.78 is 70.4. The molecule has 1 aromatic heterocycles. The quantitative estimate of drug-likeness (QED) is 0.756. The third kappa shape index (κ3) is 4.19. The van der Waals surface area contributed by atoms with Gasteiger partial charge in [0.1, 0.15) is 5.69 Å². The highest BCUT2D eigenvalue weighted by Gasteiger charge is 2.36. The van der Waals surface area contributed by atoms with Crippen molar-refractivity contribution < 1.29 is 26.1 Å². The highest BCUT2D eigenvalue weighted by molar-refractivity contribution is 7.89. The summed E-state index contributed by atoms with van der Waals surface area (Å²) in [5.41, 5.74) is 0.861. The number of nitrogens with zero attached hydrogens (tertiary/aromatic N) is 2. The van der Waals surface area contributed by atoms with Crippen LogP contribution in [0.5, 0.6) is 0 Å². The lowest BCUT2D eigenvalue weighted by atomic mass is 10.1. The number of sulfonamides is 1. The molecule has 0 N–H and O–H groups in total. The third-order valence-corrected chi connectivity index (χ3v) is 6.70. The number of halogens is 3. The first-order chi connectivity index (χ1) is 12.7. The molecule has 3 rings (SSSR count). The molecule has 0 amide bonds. The lowest BCUT2D eigenvalue weighted by Crippen LogP contribution is -2.32. The lowest BCUT2D eigenvalue weighted by molar-refractivity contribution is -0.155. The summed E-state index contributed by atoms with van der Waals surface area (Å²) in [5.74, 6) is -1.21. The van der Waals surface area contributed by atoms with E-state index in [-0.39, 0.29) is 16.2 Å². The molecule has 0 atom stereocenters. The fraction of sp³-hybridized carbons (Fsp3) is 0.500. The number of hydrogen-bond acceptors (Lipinski definition) is 4. The van der Waals surface area contributed by atoms with E-state index < -0.39 is 22.0 Å². The van der Waals surface area contributed by atoms with Crippen LogP contribution in [0.4, 0.5) is 13.2 Å². The smallest absolute Gasteiger partial charge is 0.351 e. The van der Waals surface area contributed by atoms with Gasteiger partial charge in [-0.25, -0.2) is 8.42 Å². The summed E-state index contributed by atoms with van der Waals surface area (Å²) in [6.07, 6.45) is -0.556. The van der Waals surface area contributed by atoms with Crippen LogP contribution < -0.4 is 0 Å². The van der Waals surface area contributed by atoms with Crippen LogP contribution in [0.2, 0.25) is 0 Å². The molecule has 1 saturated heterocycles.